The molecule has 1 radical (unpaired) electrons. The summed E-state index contributed by atoms with van der Waals surface area (Å²) in [6, 6.07) is 2.60. The molecule has 0 aliphatic carbocycles. The molecule has 0 aromatic carbocycles. The molecule has 0 amide bonds. The maximum Gasteiger partial charge on any atom is 0.458 e. The fourth-order valence-electron chi connectivity index (χ4n) is 0.660. The van der Waals surface area contributed by atoms with Gasteiger partial charge in [0.05, 0.1) is 0 Å². The average Bonchev–Trinajstić information content (AvgIpc) is 2.04. The van der Waals surface area contributed by atoms with Crippen molar-refractivity contribution in [2.75, 3.05) is 0 Å². The van der Waals surface area contributed by atoms with Gasteiger partial charge in [0.1, 0.15) is 0 Å². The van der Waals surface area contributed by atoms with Crippen LogP contribution in [0.2, 0.25) is 0 Å². The average molecular weight is 196 g/mol. The van der Waals surface area contributed by atoms with Gasteiger partial charge in [0.25, 0.3) is 0 Å². The van der Waals surface area contributed by atoms with Crippen LogP contribution in [0.5, 0.6) is 0 Å². The maximum atomic E-state index is 12.5. The Kier molecular flexibility index (Phi) is 2.23. The highest BCUT2D eigenvalue weighted by Gasteiger charge is 2.58. The summed E-state index contributed by atoms with van der Waals surface area (Å²) in [6.45, 7) is 0. The van der Waals surface area contributed by atoms with E-state index in [1.807, 2.05) is 6.07 Å². The van der Waals surface area contributed by atoms with Gasteiger partial charge in [0.15, 0.2) is 0 Å². The normalized spacial score (nSPS) is 13.0. The molecule has 0 aliphatic rings. The quantitative estimate of drug-likeness (QED) is 0.629. The minimum Gasteiger partial charge on any atom is -0.264 e. The van der Waals surface area contributed by atoms with Gasteiger partial charge in [-0.05, 0) is 6.07 Å². The summed E-state index contributed by atoms with van der Waals surface area (Å²) >= 11 is 0. The van der Waals surface area contributed by atoms with E-state index in [2.05, 4.69) is 4.98 Å². The van der Waals surface area contributed by atoms with Crippen molar-refractivity contribution in [3.63, 3.8) is 0 Å². The summed E-state index contributed by atoms with van der Waals surface area (Å²) in [5.41, 5.74) is -1.21. The molecule has 6 heteroatoms. The second kappa shape index (κ2) is 2.93. The number of pyridine rings is 1. The standard InChI is InChI=1S/C7H3F5N/c8-6(9,7(10,11)12)5-2-1-3-13-4-5/h2-4H. The molecule has 1 rings (SSSR count). The summed E-state index contributed by atoms with van der Waals surface area (Å²) < 4.78 is 60.1. The first kappa shape index (κ1) is 9.88. The van der Waals surface area contributed by atoms with Crippen LogP contribution in [0.1, 0.15) is 5.56 Å². The highest BCUT2D eigenvalue weighted by molar-refractivity contribution is 5.16. The number of nitrogens with zero attached hydrogens (tertiary/aromatic N) is 1. The zero-order valence-electron chi connectivity index (χ0n) is 6.07. The molecule has 0 aliphatic heterocycles. The molecule has 0 spiro atoms. The Hall–Kier alpha value is -1.20. The molecule has 0 unspecified atom stereocenters. The lowest BCUT2D eigenvalue weighted by Gasteiger charge is -2.18. The molecule has 0 fully saturated rings. The Morgan fingerprint density at radius 3 is 2.15 bits per heavy atom. The van der Waals surface area contributed by atoms with Crippen LogP contribution in [-0.2, 0) is 5.92 Å². The number of alkyl halides is 5. The predicted octanol–water partition coefficient (Wildman–Crippen LogP) is 2.54. The van der Waals surface area contributed by atoms with Crippen LogP contribution >= 0.6 is 0 Å². The van der Waals surface area contributed by atoms with E-state index in [-0.39, 0.29) is 0 Å². The van der Waals surface area contributed by atoms with Crippen molar-refractivity contribution >= 4 is 0 Å². The zero-order valence-corrected chi connectivity index (χ0v) is 6.07. The molecule has 0 bridgehead atoms. The van der Waals surface area contributed by atoms with Crippen molar-refractivity contribution < 1.29 is 22.0 Å². The molecule has 0 atom stereocenters. The van der Waals surface area contributed by atoms with Crippen molar-refractivity contribution in [1.29, 1.82) is 0 Å². The molecule has 1 aromatic rings. The summed E-state index contributed by atoms with van der Waals surface area (Å²) in [7, 11) is 0. The first-order valence-corrected chi connectivity index (χ1v) is 3.12. The lowest BCUT2D eigenvalue weighted by molar-refractivity contribution is -0.289. The van der Waals surface area contributed by atoms with Gasteiger partial charge in [0.2, 0.25) is 0 Å². The van der Waals surface area contributed by atoms with Gasteiger partial charge < -0.3 is 0 Å². The molecule has 1 nitrogen and oxygen atoms in total. The van der Waals surface area contributed by atoms with Crippen LogP contribution in [-0.4, -0.2) is 11.2 Å². The number of hydrogen-bond acceptors (Lipinski definition) is 1. The second-order valence-electron chi connectivity index (χ2n) is 2.25. The molecule has 1 aromatic heterocycles. The Labute approximate surface area is 70.2 Å². The summed E-state index contributed by atoms with van der Waals surface area (Å²) in [5.74, 6) is -4.86. The van der Waals surface area contributed by atoms with E-state index in [1.165, 1.54) is 0 Å². The zero-order chi connectivity index (χ0) is 10.1. The largest absolute Gasteiger partial charge is 0.458 e. The molecular weight excluding hydrogens is 193 g/mol. The first-order valence-electron chi connectivity index (χ1n) is 3.12. The van der Waals surface area contributed by atoms with Crippen LogP contribution in [0.3, 0.4) is 0 Å². The lowest BCUT2D eigenvalue weighted by Crippen LogP contribution is -2.33. The first-order chi connectivity index (χ1) is 5.86. The molecule has 13 heavy (non-hydrogen) atoms. The topological polar surface area (TPSA) is 12.9 Å². The van der Waals surface area contributed by atoms with Gasteiger partial charge in [-0.1, -0.05) is 0 Å². The van der Waals surface area contributed by atoms with E-state index in [4.69, 9.17) is 0 Å². The predicted molar refractivity (Wildman–Crippen MR) is 33.0 cm³/mol. The van der Waals surface area contributed by atoms with E-state index in [0.717, 1.165) is 6.20 Å². The third-order valence-electron chi connectivity index (χ3n) is 1.32. The maximum absolute atomic E-state index is 12.5. The summed E-state index contributed by atoms with van der Waals surface area (Å²) in [5, 5.41) is 0. The minimum absolute atomic E-state index is 0.462. The smallest absolute Gasteiger partial charge is 0.264 e. The van der Waals surface area contributed by atoms with Crippen LogP contribution in [0.25, 0.3) is 0 Å². The Bertz CT molecular complexity index is 279. The molecular formula is C7H3F5N. The SMILES string of the molecule is FC(F)(F)C(F)(F)c1c[c]cnc1. The fraction of sp³-hybridized carbons (Fsp3) is 0.286. The summed E-state index contributed by atoms with van der Waals surface area (Å²) in [6.07, 6.45) is -4.14. The third kappa shape index (κ3) is 1.76. The van der Waals surface area contributed by atoms with Crippen LogP contribution in [0.15, 0.2) is 18.5 Å². The van der Waals surface area contributed by atoms with E-state index in [9.17, 15) is 22.0 Å². The Morgan fingerprint density at radius 1 is 1.15 bits per heavy atom. The number of hydrogen-bond donors (Lipinski definition) is 0. The highest BCUT2D eigenvalue weighted by atomic mass is 19.4. The molecule has 0 saturated heterocycles. The van der Waals surface area contributed by atoms with E-state index < -0.39 is 17.7 Å². The van der Waals surface area contributed by atoms with Gasteiger partial charge in [0, 0.05) is 24.0 Å². The molecule has 0 N–H and O–H groups in total. The highest BCUT2D eigenvalue weighted by Crippen LogP contribution is 2.43. The van der Waals surface area contributed by atoms with Gasteiger partial charge in [-0.25, -0.2) is 0 Å². The van der Waals surface area contributed by atoms with Crippen LogP contribution in [0, 0.1) is 6.07 Å². The van der Waals surface area contributed by atoms with Crippen molar-refractivity contribution in [2.45, 2.75) is 12.1 Å². The Balaban J connectivity index is 3.08. The van der Waals surface area contributed by atoms with Crippen LogP contribution in [0.4, 0.5) is 22.0 Å². The minimum atomic E-state index is -5.59. The Morgan fingerprint density at radius 2 is 1.77 bits per heavy atom. The van der Waals surface area contributed by atoms with Gasteiger partial charge in [-0.2, -0.15) is 22.0 Å². The number of aromatic nitrogens is 1. The molecule has 71 valence electrons. The third-order valence-corrected chi connectivity index (χ3v) is 1.32. The van der Waals surface area contributed by atoms with E-state index in [1.54, 1.807) is 0 Å². The van der Waals surface area contributed by atoms with Gasteiger partial charge in [-0.15, -0.1) is 0 Å². The fourth-order valence-corrected chi connectivity index (χ4v) is 0.660. The van der Waals surface area contributed by atoms with Crippen molar-refractivity contribution in [3.05, 3.63) is 30.1 Å². The second-order valence-corrected chi connectivity index (χ2v) is 2.25. The van der Waals surface area contributed by atoms with E-state index >= 15 is 0 Å². The molecule has 0 saturated carbocycles. The van der Waals surface area contributed by atoms with Crippen LogP contribution < -0.4 is 0 Å². The number of rotatable bonds is 1. The van der Waals surface area contributed by atoms with Crippen molar-refractivity contribution in [1.82, 2.24) is 4.98 Å². The van der Waals surface area contributed by atoms with Crippen molar-refractivity contribution in [2.24, 2.45) is 0 Å². The van der Waals surface area contributed by atoms with Gasteiger partial charge in [-0.3, -0.25) is 4.98 Å². The monoisotopic (exact) mass is 196 g/mol. The lowest BCUT2D eigenvalue weighted by atomic mass is 10.1. The number of halogens is 5. The molecule has 1 heterocycles. The summed E-state index contributed by atoms with van der Waals surface area (Å²) in [4.78, 5) is 3.13. The van der Waals surface area contributed by atoms with Crippen molar-refractivity contribution in [3.8, 4) is 0 Å². The van der Waals surface area contributed by atoms with E-state index in [0.29, 0.717) is 12.3 Å². The van der Waals surface area contributed by atoms with Gasteiger partial charge >= 0.3 is 12.1 Å².